The van der Waals surface area contributed by atoms with E-state index in [2.05, 4.69) is 5.32 Å². The summed E-state index contributed by atoms with van der Waals surface area (Å²) in [5.74, 6) is -0.381. The largest absolute Gasteiger partial charge is 0.313 e. The molecule has 5 nitrogen and oxygen atoms in total. The van der Waals surface area contributed by atoms with E-state index in [1.165, 1.54) is 10.4 Å². The van der Waals surface area contributed by atoms with Gasteiger partial charge in [-0.3, -0.25) is 0 Å². The Morgan fingerprint density at radius 1 is 1.17 bits per heavy atom. The van der Waals surface area contributed by atoms with Crippen LogP contribution in [-0.4, -0.2) is 32.4 Å². The van der Waals surface area contributed by atoms with Gasteiger partial charge in [-0.1, -0.05) is 42.5 Å². The van der Waals surface area contributed by atoms with Crippen molar-refractivity contribution < 1.29 is 12.8 Å². The van der Waals surface area contributed by atoms with Crippen LogP contribution in [0.1, 0.15) is 11.6 Å². The van der Waals surface area contributed by atoms with Crippen LogP contribution in [0, 0.1) is 5.82 Å². The first kappa shape index (κ1) is 16.1. The standard InChI is InChI=1S/C16H18FN3O2S/c17-15-10-13(6-7-14(15)12-4-2-1-3-5-12)16-11-19-8-9-20(16)23(18,21)22/h1-7,10,16,19H,8-9,11H2,(H2,18,21,22). The van der Waals surface area contributed by atoms with Gasteiger partial charge < -0.3 is 5.32 Å². The van der Waals surface area contributed by atoms with Crippen LogP contribution in [0.15, 0.2) is 48.5 Å². The van der Waals surface area contributed by atoms with Crippen molar-refractivity contribution in [1.82, 2.24) is 9.62 Å². The Hall–Kier alpha value is -1.80. The van der Waals surface area contributed by atoms with Gasteiger partial charge in [-0.05, 0) is 17.2 Å². The molecule has 1 saturated heterocycles. The predicted molar refractivity (Wildman–Crippen MR) is 87.3 cm³/mol. The van der Waals surface area contributed by atoms with Gasteiger partial charge in [0, 0.05) is 25.2 Å². The first-order valence-electron chi connectivity index (χ1n) is 7.32. The van der Waals surface area contributed by atoms with Crippen LogP contribution in [0.3, 0.4) is 0 Å². The van der Waals surface area contributed by atoms with Crippen LogP contribution in [-0.2, 0) is 10.2 Å². The number of nitrogens with one attached hydrogen (secondary N) is 1. The molecule has 3 rings (SSSR count). The summed E-state index contributed by atoms with van der Waals surface area (Å²) in [5, 5.41) is 8.39. The highest BCUT2D eigenvalue weighted by atomic mass is 32.2. The first-order chi connectivity index (χ1) is 11.0. The van der Waals surface area contributed by atoms with Gasteiger partial charge in [0.05, 0.1) is 6.04 Å². The van der Waals surface area contributed by atoms with E-state index in [0.717, 1.165) is 5.56 Å². The van der Waals surface area contributed by atoms with Gasteiger partial charge in [0.15, 0.2) is 0 Å². The second-order valence-electron chi connectivity index (χ2n) is 5.48. The van der Waals surface area contributed by atoms with Crippen molar-refractivity contribution in [2.24, 2.45) is 5.14 Å². The number of nitrogens with zero attached hydrogens (tertiary/aromatic N) is 1. The Bertz CT molecular complexity index is 796. The fourth-order valence-electron chi connectivity index (χ4n) is 2.86. The zero-order valence-corrected chi connectivity index (χ0v) is 13.3. The second-order valence-corrected chi connectivity index (χ2v) is 6.98. The number of halogens is 1. The van der Waals surface area contributed by atoms with E-state index in [1.54, 1.807) is 12.1 Å². The van der Waals surface area contributed by atoms with Crippen molar-refractivity contribution in [2.45, 2.75) is 6.04 Å². The predicted octanol–water partition coefficient (Wildman–Crippen LogP) is 1.64. The van der Waals surface area contributed by atoms with E-state index in [9.17, 15) is 12.8 Å². The maximum Gasteiger partial charge on any atom is 0.277 e. The molecule has 1 aliphatic heterocycles. The lowest BCUT2D eigenvalue weighted by Crippen LogP contribution is -2.50. The van der Waals surface area contributed by atoms with Crippen molar-refractivity contribution >= 4 is 10.2 Å². The molecule has 7 heteroatoms. The Morgan fingerprint density at radius 2 is 1.91 bits per heavy atom. The van der Waals surface area contributed by atoms with Crippen molar-refractivity contribution in [3.05, 3.63) is 59.9 Å². The molecular formula is C16H18FN3O2S. The molecule has 0 spiro atoms. The lowest BCUT2D eigenvalue weighted by atomic mass is 9.99. The van der Waals surface area contributed by atoms with E-state index >= 15 is 0 Å². The molecule has 1 heterocycles. The molecule has 0 saturated carbocycles. The molecule has 0 aliphatic carbocycles. The molecule has 122 valence electrons. The minimum absolute atomic E-state index is 0.269. The Morgan fingerprint density at radius 3 is 2.57 bits per heavy atom. The zero-order chi connectivity index (χ0) is 16.4. The summed E-state index contributed by atoms with van der Waals surface area (Å²) in [6.07, 6.45) is 0. The number of hydrogen-bond donors (Lipinski definition) is 2. The smallest absolute Gasteiger partial charge is 0.277 e. The number of rotatable bonds is 3. The van der Waals surface area contributed by atoms with E-state index < -0.39 is 16.3 Å². The van der Waals surface area contributed by atoms with Crippen molar-refractivity contribution in [3.63, 3.8) is 0 Å². The summed E-state index contributed by atoms with van der Waals surface area (Å²) in [6, 6.07) is 13.5. The van der Waals surface area contributed by atoms with Gasteiger partial charge in [0.1, 0.15) is 5.82 Å². The van der Waals surface area contributed by atoms with E-state index in [-0.39, 0.29) is 12.4 Å². The normalized spacial score (nSPS) is 19.7. The molecule has 3 N–H and O–H groups in total. The molecule has 0 bridgehead atoms. The zero-order valence-electron chi connectivity index (χ0n) is 12.4. The highest BCUT2D eigenvalue weighted by molar-refractivity contribution is 7.86. The lowest BCUT2D eigenvalue weighted by Gasteiger charge is -2.34. The van der Waals surface area contributed by atoms with Crippen LogP contribution in [0.4, 0.5) is 4.39 Å². The summed E-state index contributed by atoms with van der Waals surface area (Å²) < 4.78 is 39.2. The average Bonchev–Trinajstić information content (AvgIpc) is 2.55. The van der Waals surface area contributed by atoms with E-state index in [1.807, 2.05) is 30.3 Å². The van der Waals surface area contributed by atoms with Crippen LogP contribution in [0.5, 0.6) is 0 Å². The summed E-state index contributed by atoms with van der Waals surface area (Å²) in [7, 11) is -3.83. The summed E-state index contributed by atoms with van der Waals surface area (Å²) in [5.41, 5.74) is 1.85. The number of piperazine rings is 1. The molecule has 2 aromatic carbocycles. The molecule has 0 amide bonds. The van der Waals surface area contributed by atoms with Crippen LogP contribution in [0.2, 0.25) is 0 Å². The minimum Gasteiger partial charge on any atom is -0.313 e. The average molecular weight is 335 g/mol. The van der Waals surface area contributed by atoms with Crippen molar-refractivity contribution in [1.29, 1.82) is 0 Å². The Kier molecular flexibility index (Phi) is 4.45. The number of benzene rings is 2. The van der Waals surface area contributed by atoms with Crippen molar-refractivity contribution in [3.8, 4) is 11.1 Å². The Balaban J connectivity index is 1.96. The van der Waals surface area contributed by atoms with Gasteiger partial charge in [0.2, 0.25) is 0 Å². The maximum atomic E-state index is 14.5. The molecule has 0 aromatic heterocycles. The quantitative estimate of drug-likeness (QED) is 0.895. The first-order valence-corrected chi connectivity index (χ1v) is 8.82. The molecule has 2 aromatic rings. The minimum atomic E-state index is -3.83. The molecule has 0 radical (unpaired) electrons. The monoisotopic (exact) mass is 335 g/mol. The third kappa shape index (κ3) is 3.42. The third-order valence-corrected chi connectivity index (χ3v) is 5.07. The summed E-state index contributed by atoms with van der Waals surface area (Å²) >= 11 is 0. The van der Waals surface area contributed by atoms with Gasteiger partial charge in [-0.15, -0.1) is 0 Å². The maximum absolute atomic E-state index is 14.5. The SMILES string of the molecule is NS(=O)(=O)N1CCNCC1c1ccc(-c2ccccc2)c(F)c1. The van der Waals surface area contributed by atoms with Gasteiger partial charge >= 0.3 is 0 Å². The molecule has 1 atom stereocenters. The van der Waals surface area contributed by atoms with Crippen LogP contribution in [0.25, 0.3) is 11.1 Å². The molecule has 1 fully saturated rings. The van der Waals surface area contributed by atoms with E-state index in [4.69, 9.17) is 5.14 Å². The molecule has 23 heavy (non-hydrogen) atoms. The number of nitrogens with two attached hydrogens (primary N) is 1. The summed E-state index contributed by atoms with van der Waals surface area (Å²) in [6.45, 7) is 1.20. The van der Waals surface area contributed by atoms with E-state index in [0.29, 0.717) is 24.2 Å². The molecule has 1 aliphatic rings. The second kappa shape index (κ2) is 6.37. The third-order valence-electron chi connectivity index (χ3n) is 3.98. The molecular weight excluding hydrogens is 317 g/mol. The van der Waals surface area contributed by atoms with Crippen LogP contribution >= 0.6 is 0 Å². The number of hydrogen-bond acceptors (Lipinski definition) is 3. The lowest BCUT2D eigenvalue weighted by molar-refractivity contribution is 0.271. The van der Waals surface area contributed by atoms with Gasteiger partial charge in [-0.25, -0.2) is 9.53 Å². The fourth-order valence-corrected chi connectivity index (χ4v) is 3.76. The van der Waals surface area contributed by atoms with Gasteiger partial charge in [0.25, 0.3) is 10.2 Å². The topological polar surface area (TPSA) is 75.4 Å². The highest BCUT2D eigenvalue weighted by Gasteiger charge is 2.31. The van der Waals surface area contributed by atoms with Crippen molar-refractivity contribution in [2.75, 3.05) is 19.6 Å². The fraction of sp³-hybridized carbons (Fsp3) is 0.250. The molecule has 1 unspecified atom stereocenters. The van der Waals surface area contributed by atoms with Crippen LogP contribution < -0.4 is 10.5 Å². The Labute approximate surface area is 135 Å². The van der Waals surface area contributed by atoms with Gasteiger partial charge in [-0.2, -0.15) is 12.7 Å². The summed E-state index contributed by atoms with van der Waals surface area (Å²) in [4.78, 5) is 0. The highest BCUT2D eigenvalue weighted by Crippen LogP contribution is 2.29.